The summed E-state index contributed by atoms with van der Waals surface area (Å²) in [6.45, 7) is 3.94. The molecule has 30 heavy (non-hydrogen) atoms. The van der Waals surface area contributed by atoms with Crippen molar-refractivity contribution >= 4 is 23.9 Å². The summed E-state index contributed by atoms with van der Waals surface area (Å²) >= 11 is 1.19. The van der Waals surface area contributed by atoms with E-state index in [-0.39, 0.29) is 6.61 Å². The van der Waals surface area contributed by atoms with Crippen LogP contribution in [-0.4, -0.2) is 25.6 Å². The molecule has 0 aromatic heterocycles. The molecular weight excluding hydrogens is 396 g/mol. The van der Waals surface area contributed by atoms with Crippen LogP contribution in [-0.2, 0) is 6.61 Å². The number of methoxy groups -OCH3 is 1. The lowest BCUT2D eigenvalue weighted by molar-refractivity contribution is 0.112. The van der Waals surface area contributed by atoms with E-state index in [1.54, 1.807) is 19.2 Å². The van der Waals surface area contributed by atoms with Crippen LogP contribution in [0.3, 0.4) is 0 Å². The van der Waals surface area contributed by atoms with Crippen molar-refractivity contribution in [1.82, 2.24) is 0 Å². The van der Waals surface area contributed by atoms with Crippen molar-refractivity contribution in [3.8, 4) is 16.9 Å². The molecule has 0 saturated heterocycles. The number of nitrogens with one attached hydrogen (secondary N) is 1. The van der Waals surface area contributed by atoms with Gasteiger partial charge in [0.2, 0.25) is 0 Å². The van der Waals surface area contributed by atoms with Crippen molar-refractivity contribution in [3.63, 3.8) is 0 Å². The molecule has 160 valence electrons. The highest BCUT2D eigenvalue weighted by molar-refractivity contribution is 7.97. The summed E-state index contributed by atoms with van der Waals surface area (Å²) in [7, 11) is 3.50. The van der Waals surface area contributed by atoms with Crippen LogP contribution in [0.1, 0.15) is 29.8 Å². The molecule has 0 atom stereocenters. The lowest BCUT2D eigenvalue weighted by atomic mass is 9.98. The number of aliphatic hydroxyl groups excluding tert-OH is 1. The number of carbonyl (C=O) groups excluding carboxylic acids is 1. The average molecular weight is 427 g/mol. The second kappa shape index (κ2) is 14.2. The van der Waals surface area contributed by atoms with E-state index in [0.29, 0.717) is 5.56 Å². The standard InChI is InChI=1S/C14H12O2.C8H12N2OS.C2H6/c15-9-11-6-7-14(13(8-11)10-16)12-4-2-1-3-5-12;1-10-6-3-4-8(12-9)7(5-6)11-2;1-2/h1-9,16H,10H2;3-5,10H,9H2,1-2H3;1-2H3. The maximum absolute atomic E-state index is 10.6. The largest absolute Gasteiger partial charge is 0.495 e. The summed E-state index contributed by atoms with van der Waals surface area (Å²) in [5.41, 5.74) is 4.39. The smallest absolute Gasteiger partial charge is 0.150 e. The molecule has 0 aliphatic heterocycles. The van der Waals surface area contributed by atoms with E-state index < -0.39 is 0 Å². The van der Waals surface area contributed by atoms with Gasteiger partial charge in [-0.2, -0.15) is 0 Å². The van der Waals surface area contributed by atoms with Crippen molar-refractivity contribution in [2.45, 2.75) is 25.3 Å². The molecule has 0 radical (unpaired) electrons. The van der Waals surface area contributed by atoms with E-state index in [9.17, 15) is 9.90 Å². The predicted octanol–water partition coefficient (Wildman–Crippen LogP) is 5.39. The van der Waals surface area contributed by atoms with Crippen LogP contribution in [0.15, 0.2) is 71.6 Å². The van der Waals surface area contributed by atoms with E-state index in [4.69, 9.17) is 9.88 Å². The Balaban J connectivity index is 0.000000287. The minimum absolute atomic E-state index is 0.0636. The van der Waals surface area contributed by atoms with Crippen LogP contribution in [0.5, 0.6) is 5.75 Å². The van der Waals surface area contributed by atoms with Gasteiger partial charge in [-0.1, -0.05) is 56.3 Å². The van der Waals surface area contributed by atoms with Gasteiger partial charge < -0.3 is 15.2 Å². The van der Waals surface area contributed by atoms with Crippen molar-refractivity contribution in [2.75, 3.05) is 19.5 Å². The summed E-state index contributed by atoms with van der Waals surface area (Å²) < 4.78 is 5.14. The quantitative estimate of drug-likeness (QED) is 0.362. The van der Waals surface area contributed by atoms with Crippen molar-refractivity contribution < 1.29 is 14.6 Å². The zero-order valence-electron chi connectivity index (χ0n) is 17.9. The number of hydrogen-bond acceptors (Lipinski definition) is 6. The Labute approximate surface area is 183 Å². The molecule has 5 nitrogen and oxygen atoms in total. The fraction of sp³-hybridized carbons (Fsp3) is 0.208. The van der Waals surface area contributed by atoms with Crippen LogP contribution in [0.4, 0.5) is 5.69 Å². The molecule has 4 N–H and O–H groups in total. The molecule has 0 aliphatic carbocycles. The van der Waals surface area contributed by atoms with Crippen LogP contribution in [0, 0.1) is 0 Å². The van der Waals surface area contributed by atoms with Gasteiger partial charge in [-0.15, -0.1) is 0 Å². The van der Waals surface area contributed by atoms with Gasteiger partial charge in [-0.25, -0.2) is 0 Å². The van der Waals surface area contributed by atoms with Gasteiger partial charge in [0.25, 0.3) is 0 Å². The molecule has 0 unspecified atom stereocenters. The van der Waals surface area contributed by atoms with Crippen LogP contribution >= 0.6 is 11.9 Å². The highest BCUT2D eigenvalue weighted by atomic mass is 32.2. The van der Waals surface area contributed by atoms with E-state index in [2.05, 4.69) is 5.32 Å². The van der Waals surface area contributed by atoms with Crippen LogP contribution in [0.2, 0.25) is 0 Å². The zero-order chi connectivity index (χ0) is 22.4. The summed E-state index contributed by atoms with van der Waals surface area (Å²) in [5, 5.41) is 17.7. The third-order valence-corrected chi connectivity index (χ3v) is 4.69. The van der Waals surface area contributed by atoms with Crippen LogP contribution in [0.25, 0.3) is 11.1 Å². The van der Waals surface area contributed by atoms with E-state index in [1.807, 2.05) is 75.5 Å². The Kier molecular flexibility index (Phi) is 12.0. The number of aliphatic hydroxyl groups is 1. The molecule has 3 rings (SSSR count). The molecule has 0 heterocycles. The highest BCUT2D eigenvalue weighted by Gasteiger charge is 2.05. The number of rotatable bonds is 6. The third-order valence-electron chi connectivity index (χ3n) is 4.10. The molecule has 3 aromatic carbocycles. The third kappa shape index (κ3) is 7.22. The minimum atomic E-state index is -0.0636. The lowest BCUT2D eigenvalue weighted by Crippen LogP contribution is -1.92. The van der Waals surface area contributed by atoms with Crippen molar-refractivity contribution in [3.05, 3.63) is 77.9 Å². The highest BCUT2D eigenvalue weighted by Crippen LogP contribution is 2.28. The summed E-state index contributed by atoms with van der Waals surface area (Å²) in [6, 6.07) is 20.9. The first-order valence-electron chi connectivity index (χ1n) is 9.63. The summed E-state index contributed by atoms with van der Waals surface area (Å²) in [5.74, 6) is 0.800. The van der Waals surface area contributed by atoms with Gasteiger partial charge in [0.15, 0.2) is 0 Å². The molecule has 0 bridgehead atoms. The minimum Gasteiger partial charge on any atom is -0.495 e. The van der Waals surface area contributed by atoms with Crippen molar-refractivity contribution in [2.24, 2.45) is 5.14 Å². The number of hydrogen-bond donors (Lipinski definition) is 3. The molecular formula is C24H30N2O3S. The topological polar surface area (TPSA) is 84.6 Å². The van der Waals surface area contributed by atoms with Gasteiger partial charge in [0.1, 0.15) is 12.0 Å². The maximum atomic E-state index is 10.6. The SMILES string of the molecule is CC.CNc1ccc(SN)c(OC)c1.O=Cc1ccc(-c2ccccc2)c(CO)c1. The number of ether oxygens (including phenoxy) is 1. The molecule has 0 fully saturated rings. The molecule has 0 aliphatic rings. The first kappa shape index (κ1) is 25.2. The Morgan fingerprint density at radius 1 is 1.07 bits per heavy atom. The fourth-order valence-electron chi connectivity index (χ4n) is 2.64. The molecule has 0 amide bonds. The van der Waals surface area contributed by atoms with Crippen LogP contribution < -0.4 is 15.2 Å². The van der Waals surface area contributed by atoms with Gasteiger partial charge in [0, 0.05) is 24.4 Å². The second-order valence-corrected chi connectivity index (χ2v) is 6.47. The zero-order valence-corrected chi connectivity index (χ0v) is 18.7. The first-order valence-corrected chi connectivity index (χ1v) is 10.5. The Morgan fingerprint density at radius 3 is 2.30 bits per heavy atom. The number of benzene rings is 3. The van der Waals surface area contributed by atoms with E-state index in [0.717, 1.165) is 39.3 Å². The van der Waals surface area contributed by atoms with Gasteiger partial charge in [-0.05, 0) is 46.8 Å². The lowest BCUT2D eigenvalue weighted by Gasteiger charge is -2.08. The number of aldehydes is 1. The molecule has 3 aromatic rings. The van der Waals surface area contributed by atoms with E-state index >= 15 is 0 Å². The Hall–Kier alpha value is -2.80. The normalized spacial score (nSPS) is 9.40. The van der Waals surface area contributed by atoms with Gasteiger partial charge in [-0.3, -0.25) is 9.93 Å². The first-order chi connectivity index (χ1) is 14.7. The van der Waals surface area contributed by atoms with Gasteiger partial charge in [0.05, 0.1) is 18.6 Å². The molecule has 6 heteroatoms. The molecule has 0 spiro atoms. The predicted molar refractivity (Wildman–Crippen MR) is 127 cm³/mol. The number of nitrogens with two attached hydrogens (primary N) is 1. The number of carbonyl (C=O) groups is 1. The Morgan fingerprint density at radius 2 is 1.77 bits per heavy atom. The summed E-state index contributed by atoms with van der Waals surface area (Å²) in [4.78, 5) is 11.6. The van der Waals surface area contributed by atoms with Gasteiger partial charge >= 0.3 is 0 Å². The number of anilines is 1. The van der Waals surface area contributed by atoms with E-state index in [1.165, 1.54) is 11.9 Å². The molecule has 0 saturated carbocycles. The van der Waals surface area contributed by atoms with Crippen molar-refractivity contribution in [1.29, 1.82) is 0 Å². The summed E-state index contributed by atoms with van der Waals surface area (Å²) in [6.07, 6.45) is 0.786. The monoisotopic (exact) mass is 426 g/mol. The average Bonchev–Trinajstić information content (AvgIpc) is 2.85. The fourth-order valence-corrected chi connectivity index (χ4v) is 3.04. The Bertz CT molecular complexity index is 902. The maximum Gasteiger partial charge on any atom is 0.150 e. The second-order valence-electron chi connectivity index (χ2n) is 5.79.